The summed E-state index contributed by atoms with van der Waals surface area (Å²) in [5, 5.41) is 14.1. The highest BCUT2D eigenvalue weighted by atomic mass is 19.1. The minimum absolute atomic E-state index is 0.0707. The van der Waals surface area contributed by atoms with Gasteiger partial charge in [0, 0.05) is 0 Å². The third-order valence-electron chi connectivity index (χ3n) is 3.14. The van der Waals surface area contributed by atoms with E-state index in [0.717, 1.165) is 0 Å². The summed E-state index contributed by atoms with van der Waals surface area (Å²) in [6.45, 7) is 0.233. The van der Waals surface area contributed by atoms with E-state index in [2.05, 4.69) is 10.1 Å². The third-order valence-corrected chi connectivity index (χ3v) is 3.14. The van der Waals surface area contributed by atoms with Crippen molar-refractivity contribution in [2.24, 2.45) is 0 Å². The minimum Gasteiger partial charge on any atom is -0.454 e. The van der Waals surface area contributed by atoms with Crippen molar-refractivity contribution in [3.63, 3.8) is 0 Å². The lowest BCUT2D eigenvalue weighted by atomic mass is 10.1. The molecule has 22 heavy (non-hydrogen) atoms. The van der Waals surface area contributed by atoms with Gasteiger partial charge in [0.2, 0.25) is 0 Å². The quantitative estimate of drug-likeness (QED) is 0.787. The molecule has 6 heteroatoms. The van der Waals surface area contributed by atoms with E-state index < -0.39 is 11.9 Å². The average Bonchev–Trinajstić information content (AvgIpc) is 3.03. The van der Waals surface area contributed by atoms with Gasteiger partial charge in [-0.1, -0.05) is 24.3 Å². The monoisotopic (exact) mass is 299 g/mol. The highest BCUT2D eigenvalue weighted by Gasteiger charge is 2.13. The molecule has 0 fully saturated rings. The number of aliphatic hydroxyl groups is 1. The van der Waals surface area contributed by atoms with Gasteiger partial charge in [-0.25, -0.2) is 9.37 Å². The number of hydrogen-bond acceptors (Lipinski definition) is 4. The fourth-order valence-electron chi connectivity index (χ4n) is 2.03. The van der Waals surface area contributed by atoms with Gasteiger partial charge < -0.3 is 9.84 Å². The lowest BCUT2D eigenvalue weighted by Gasteiger charge is -2.13. The molecule has 1 N–H and O–H groups in total. The molecule has 0 spiro atoms. The predicted molar refractivity (Wildman–Crippen MR) is 77.9 cm³/mol. The highest BCUT2D eigenvalue weighted by molar-refractivity contribution is 5.35. The van der Waals surface area contributed by atoms with Crippen molar-refractivity contribution in [2.75, 3.05) is 0 Å². The Morgan fingerprint density at radius 2 is 2.00 bits per heavy atom. The van der Waals surface area contributed by atoms with E-state index in [1.165, 1.54) is 35.5 Å². The number of nitrogens with zero attached hydrogens (tertiary/aromatic N) is 3. The van der Waals surface area contributed by atoms with E-state index >= 15 is 0 Å². The first kappa shape index (κ1) is 14.2. The zero-order chi connectivity index (χ0) is 15.4. The number of halogens is 1. The van der Waals surface area contributed by atoms with Crippen molar-refractivity contribution in [2.45, 2.75) is 12.6 Å². The fraction of sp³-hybridized carbons (Fsp3) is 0.125. The zero-order valence-electron chi connectivity index (χ0n) is 11.6. The van der Waals surface area contributed by atoms with Crippen molar-refractivity contribution in [1.82, 2.24) is 14.8 Å². The van der Waals surface area contributed by atoms with Crippen LogP contribution >= 0.6 is 0 Å². The summed E-state index contributed by atoms with van der Waals surface area (Å²) in [4.78, 5) is 3.81. The molecule has 0 aliphatic rings. The zero-order valence-corrected chi connectivity index (χ0v) is 11.6. The van der Waals surface area contributed by atoms with Gasteiger partial charge in [-0.2, -0.15) is 5.10 Å². The molecule has 1 heterocycles. The molecule has 0 radical (unpaired) electrons. The minimum atomic E-state index is -0.833. The number of para-hydroxylation sites is 1. The molecule has 0 aliphatic carbocycles. The molecule has 1 unspecified atom stereocenters. The first-order valence-corrected chi connectivity index (χ1v) is 6.75. The average molecular weight is 299 g/mol. The van der Waals surface area contributed by atoms with Crippen LogP contribution in [0.1, 0.15) is 11.7 Å². The second-order valence-corrected chi connectivity index (χ2v) is 4.74. The molecule has 0 amide bonds. The topological polar surface area (TPSA) is 60.2 Å². The summed E-state index contributed by atoms with van der Waals surface area (Å²) in [5.74, 6) is 0.117. The van der Waals surface area contributed by atoms with Crippen LogP contribution in [0.15, 0.2) is 61.2 Å². The molecule has 3 rings (SSSR count). The Bertz CT molecular complexity index is 732. The number of ether oxygens (including phenoxy) is 1. The first-order chi connectivity index (χ1) is 10.7. The maximum atomic E-state index is 13.9. The van der Waals surface area contributed by atoms with E-state index in [-0.39, 0.29) is 12.3 Å². The summed E-state index contributed by atoms with van der Waals surface area (Å²) >= 11 is 0. The predicted octanol–water partition coefficient (Wildman–Crippen LogP) is 2.94. The number of benzene rings is 2. The van der Waals surface area contributed by atoms with Crippen LogP contribution in [-0.2, 0) is 6.54 Å². The second kappa shape index (κ2) is 6.36. The normalized spacial score (nSPS) is 12.1. The van der Waals surface area contributed by atoms with Gasteiger partial charge in [-0.05, 0) is 29.8 Å². The molecule has 1 atom stereocenters. The van der Waals surface area contributed by atoms with Gasteiger partial charge >= 0.3 is 0 Å². The van der Waals surface area contributed by atoms with Crippen molar-refractivity contribution in [3.05, 3.63) is 72.6 Å². The first-order valence-electron chi connectivity index (χ1n) is 6.75. The van der Waals surface area contributed by atoms with Crippen LogP contribution in [-0.4, -0.2) is 19.9 Å². The maximum Gasteiger partial charge on any atom is 0.165 e. The Hall–Kier alpha value is -2.73. The summed E-state index contributed by atoms with van der Waals surface area (Å²) in [6, 6.07) is 13.2. The lowest BCUT2D eigenvalue weighted by molar-refractivity contribution is 0.151. The summed E-state index contributed by atoms with van der Waals surface area (Å²) in [7, 11) is 0. The molecule has 0 bridgehead atoms. The van der Waals surface area contributed by atoms with Crippen molar-refractivity contribution in [1.29, 1.82) is 0 Å². The lowest BCUT2D eigenvalue weighted by Crippen LogP contribution is -2.09. The van der Waals surface area contributed by atoms with Gasteiger partial charge in [-0.15, -0.1) is 0 Å². The van der Waals surface area contributed by atoms with E-state index in [1.54, 1.807) is 24.3 Å². The van der Waals surface area contributed by atoms with Gasteiger partial charge in [0.25, 0.3) is 0 Å². The van der Waals surface area contributed by atoms with Gasteiger partial charge in [0.05, 0.1) is 12.6 Å². The standard InChI is InChI=1S/C16H14FN3O2/c17-14-7-6-12(15(21)9-20-11-18-10-19-20)8-16(14)22-13-4-2-1-3-5-13/h1-8,10-11,15,21H,9H2. The van der Waals surface area contributed by atoms with E-state index in [0.29, 0.717) is 11.3 Å². The fourth-order valence-corrected chi connectivity index (χ4v) is 2.03. The molecular weight excluding hydrogens is 285 g/mol. The molecule has 0 saturated carbocycles. The Labute approximate surface area is 126 Å². The number of rotatable bonds is 5. The van der Waals surface area contributed by atoms with E-state index in [9.17, 15) is 9.50 Å². The van der Waals surface area contributed by atoms with Gasteiger partial charge in [-0.3, -0.25) is 4.68 Å². The Morgan fingerprint density at radius 3 is 2.73 bits per heavy atom. The molecule has 3 aromatic rings. The van der Waals surface area contributed by atoms with Crippen LogP contribution in [0.2, 0.25) is 0 Å². The summed E-state index contributed by atoms with van der Waals surface area (Å²) in [6.07, 6.45) is 2.07. The Morgan fingerprint density at radius 1 is 1.18 bits per heavy atom. The third kappa shape index (κ3) is 3.29. The van der Waals surface area contributed by atoms with Crippen molar-refractivity contribution >= 4 is 0 Å². The van der Waals surface area contributed by atoms with Crippen LogP contribution in [0.5, 0.6) is 11.5 Å². The Kier molecular flexibility index (Phi) is 4.11. The number of aliphatic hydroxyl groups excluding tert-OH is 1. The summed E-state index contributed by atoms with van der Waals surface area (Å²) in [5.41, 5.74) is 0.544. The SMILES string of the molecule is OC(Cn1cncn1)c1ccc(F)c(Oc2ccccc2)c1. The largest absolute Gasteiger partial charge is 0.454 e. The smallest absolute Gasteiger partial charge is 0.165 e. The summed E-state index contributed by atoms with van der Waals surface area (Å²) < 4.78 is 20.9. The van der Waals surface area contributed by atoms with E-state index in [4.69, 9.17) is 4.74 Å². The molecule has 2 aromatic carbocycles. The second-order valence-electron chi connectivity index (χ2n) is 4.74. The Balaban J connectivity index is 1.80. The van der Waals surface area contributed by atoms with Crippen molar-refractivity contribution < 1.29 is 14.2 Å². The molecule has 112 valence electrons. The molecule has 5 nitrogen and oxygen atoms in total. The van der Waals surface area contributed by atoms with Crippen LogP contribution < -0.4 is 4.74 Å². The maximum absolute atomic E-state index is 13.9. The molecular formula is C16H14FN3O2. The van der Waals surface area contributed by atoms with E-state index in [1.807, 2.05) is 6.07 Å². The van der Waals surface area contributed by atoms with Crippen LogP contribution in [0.25, 0.3) is 0 Å². The highest BCUT2D eigenvalue weighted by Crippen LogP contribution is 2.28. The van der Waals surface area contributed by atoms with Crippen LogP contribution in [0.3, 0.4) is 0 Å². The van der Waals surface area contributed by atoms with Gasteiger partial charge in [0.1, 0.15) is 18.4 Å². The molecule has 0 saturated heterocycles. The number of hydrogen-bond donors (Lipinski definition) is 1. The van der Waals surface area contributed by atoms with Crippen molar-refractivity contribution in [3.8, 4) is 11.5 Å². The molecule has 1 aromatic heterocycles. The van der Waals surface area contributed by atoms with Crippen LogP contribution in [0, 0.1) is 5.82 Å². The molecule has 0 aliphatic heterocycles. The van der Waals surface area contributed by atoms with Gasteiger partial charge in [0.15, 0.2) is 11.6 Å². The number of aromatic nitrogens is 3. The van der Waals surface area contributed by atoms with Crippen LogP contribution in [0.4, 0.5) is 4.39 Å².